The van der Waals surface area contributed by atoms with Crippen molar-refractivity contribution in [2.75, 3.05) is 0 Å². The van der Waals surface area contributed by atoms with Gasteiger partial charge in [0.1, 0.15) is 17.2 Å². The molecule has 0 saturated heterocycles. The fourth-order valence-corrected chi connectivity index (χ4v) is 9.87. The van der Waals surface area contributed by atoms with Crippen LogP contribution in [0.25, 0.3) is 10.9 Å². The third-order valence-electron chi connectivity index (χ3n) is 12.0. The van der Waals surface area contributed by atoms with E-state index in [4.69, 9.17) is 0 Å². The molecule has 0 bridgehead atoms. The number of para-hydroxylation sites is 1. The average Bonchev–Trinajstić information content (AvgIpc) is 3.23. The zero-order valence-electron chi connectivity index (χ0n) is 22.5. The van der Waals surface area contributed by atoms with Gasteiger partial charge < -0.3 is 15.3 Å². The molecular weight excluding hydrogens is 467 g/mol. The van der Waals surface area contributed by atoms with Crippen molar-refractivity contribution in [3.8, 4) is 0 Å². The molecule has 5 nitrogen and oxygen atoms in total. The monoisotopic (exact) mass is 510 g/mol. The number of hydrogen-bond donors (Lipinski definition) is 3. The maximum Gasteiger partial charge on any atom is 0.149 e. The number of aliphatic hydroxyl groups is 3. The van der Waals surface area contributed by atoms with E-state index in [1.54, 1.807) is 12.3 Å². The van der Waals surface area contributed by atoms with E-state index in [2.05, 4.69) is 30.7 Å². The first-order valence-electron chi connectivity index (χ1n) is 14.6. The van der Waals surface area contributed by atoms with Gasteiger partial charge in [-0.15, -0.1) is 0 Å². The van der Waals surface area contributed by atoms with Gasteiger partial charge in [0.15, 0.2) is 0 Å². The molecule has 4 aliphatic rings. The van der Waals surface area contributed by atoms with Crippen LogP contribution in [0.3, 0.4) is 0 Å². The van der Waals surface area contributed by atoms with Gasteiger partial charge in [-0.3, -0.25) is 0 Å². The first-order chi connectivity index (χ1) is 17.6. The zero-order chi connectivity index (χ0) is 26.1. The predicted octanol–water partition coefficient (Wildman–Crippen LogP) is 5.30. The number of benzene rings is 1. The quantitative estimate of drug-likeness (QED) is 0.520. The minimum absolute atomic E-state index is 0.0951. The van der Waals surface area contributed by atoms with Gasteiger partial charge in [0.2, 0.25) is 0 Å². The van der Waals surface area contributed by atoms with Crippen LogP contribution in [0, 0.1) is 52.2 Å². The van der Waals surface area contributed by atoms with Crippen LogP contribution in [-0.4, -0.2) is 43.6 Å². The molecule has 202 valence electrons. The molecule has 0 radical (unpaired) electrons. The van der Waals surface area contributed by atoms with Crippen LogP contribution in [0.5, 0.6) is 0 Å². The van der Waals surface area contributed by atoms with E-state index in [1.165, 1.54) is 6.07 Å². The van der Waals surface area contributed by atoms with Crippen LogP contribution < -0.4 is 0 Å². The summed E-state index contributed by atoms with van der Waals surface area (Å²) in [6.45, 7) is 6.96. The highest BCUT2D eigenvalue weighted by molar-refractivity contribution is 5.77. The lowest BCUT2D eigenvalue weighted by Gasteiger charge is -2.63. The molecule has 4 aliphatic carbocycles. The van der Waals surface area contributed by atoms with Crippen molar-refractivity contribution in [3.63, 3.8) is 0 Å². The SMILES string of the molecule is C[C@H](CCc1ncc2cccc(F)c2n1)[C@H]1CC[C@H]2[C@H]3C(C[C@H](O)[C@]12C)[C@@]1(C)CC[C@@H](O)C[C@H]1C[C@H]3O. The summed E-state index contributed by atoms with van der Waals surface area (Å²) in [7, 11) is 0. The number of halogens is 1. The molecule has 0 amide bonds. The largest absolute Gasteiger partial charge is 0.393 e. The second-order valence-electron chi connectivity index (χ2n) is 13.5. The summed E-state index contributed by atoms with van der Waals surface area (Å²) >= 11 is 0. The van der Waals surface area contributed by atoms with Crippen molar-refractivity contribution in [1.82, 2.24) is 9.97 Å². The Balaban J connectivity index is 1.20. The van der Waals surface area contributed by atoms with Gasteiger partial charge in [-0.2, -0.15) is 0 Å². The summed E-state index contributed by atoms with van der Waals surface area (Å²) in [5, 5.41) is 34.3. The van der Waals surface area contributed by atoms with Crippen LogP contribution in [-0.2, 0) is 6.42 Å². The number of nitrogens with zero attached hydrogens (tertiary/aromatic N) is 2. The van der Waals surface area contributed by atoms with Crippen molar-refractivity contribution in [3.05, 3.63) is 36.0 Å². The van der Waals surface area contributed by atoms with Gasteiger partial charge in [-0.25, -0.2) is 14.4 Å². The van der Waals surface area contributed by atoms with E-state index < -0.39 is 0 Å². The van der Waals surface area contributed by atoms with Gasteiger partial charge in [-0.1, -0.05) is 32.9 Å². The molecule has 1 heterocycles. The van der Waals surface area contributed by atoms with Gasteiger partial charge in [0.05, 0.1) is 18.3 Å². The molecule has 2 aromatic rings. The van der Waals surface area contributed by atoms with Crippen molar-refractivity contribution in [2.45, 2.75) is 96.9 Å². The third kappa shape index (κ3) is 3.96. The lowest BCUT2D eigenvalue weighted by atomic mass is 9.43. The minimum Gasteiger partial charge on any atom is -0.393 e. The number of aryl methyl sites for hydroxylation is 1. The van der Waals surface area contributed by atoms with E-state index in [9.17, 15) is 19.7 Å². The van der Waals surface area contributed by atoms with E-state index >= 15 is 0 Å². The Morgan fingerprint density at radius 3 is 2.68 bits per heavy atom. The van der Waals surface area contributed by atoms with Crippen molar-refractivity contribution in [2.24, 2.45) is 46.3 Å². The molecule has 6 rings (SSSR count). The first-order valence-corrected chi connectivity index (χ1v) is 14.6. The lowest BCUT2D eigenvalue weighted by Crippen LogP contribution is -2.62. The van der Waals surface area contributed by atoms with Crippen LogP contribution in [0.15, 0.2) is 24.4 Å². The number of hydrogen-bond acceptors (Lipinski definition) is 5. The maximum absolute atomic E-state index is 14.3. The molecule has 6 heteroatoms. The summed E-state index contributed by atoms with van der Waals surface area (Å²) in [6.07, 6.45) is 8.62. The molecule has 11 atom stereocenters. The van der Waals surface area contributed by atoms with Crippen molar-refractivity contribution in [1.29, 1.82) is 0 Å². The molecule has 0 spiro atoms. The average molecular weight is 511 g/mol. The van der Waals surface area contributed by atoms with Crippen molar-refractivity contribution >= 4 is 10.9 Å². The number of aromatic nitrogens is 2. The maximum atomic E-state index is 14.3. The Morgan fingerprint density at radius 2 is 1.86 bits per heavy atom. The fourth-order valence-electron chi connectivity index (χ4n) is 9.87. The van der Waals surface area contributed by atoms with E-state index in [-0.39, 0.29) is 40.9 Å². The van der Waals surface area contributed by atoms with Gasteiger partial charge >= 0.3 is 0 Å². The van der Waals surface area contributed by atoms with Crippen LogP contribution >= 0.6 is 0 Å². The summed E-state index contributed by atoms with van der Waals surface area (Å²) in [5.41, 5.74) is 0.266. The number of aliphatic hydroxyl groups excluding tert-OH is 3. The Bertz CT molecular complexity index is 1160. The number of fused-ring (bicyclic) bond motifs is 6. The molecule has 1 aromatic heterocycles. The Kier molecular flexibility index (Phi) is 6.40. The third-order valence-corrected chi connectivity index (χ3v) is 12.0. The molecule has 4 fully saturated rings. The Morgan fingerprint density at radius 1 is 1.05 bits per heavy atom. The molecular formula is C31H43FN2O3. The molecule has 3 N–H and O–H groups in total. The van der Waals surface area contributed by atoms with Gasteiger partial charge in [0.25, 0.3) is 0 Å². The highest BCUT2D eigenvalue weighted by Gasteiger charge is 2.65. The minimum atomic E-state index is -0.380. The summed E-state index contributed by atoms with van der Waals surface area (Å²) in [4.78, 5) is 9.01. The summed E-state index contributed by atoms with van der Waals surface area (Å²) < 4.78 is 14.3. The molecule has 0 aliphatic heterocycles. The fraction of sp³-hybridized carbons (Fsp3) is 0.742. The first kappa shape index (κ1) is 25.6. The van der Waals surface area contributed by atoms with E-state index in [1.807, 2.05) is 6.07 Å². The van der Waals surface area contributed by atoms with Crippen LogP contribution in [0.4, 0.5) is 4.39 Å². The normalized spacial score (nSPS) is 44.2. The highest BCUT2D eigenvalue weighted by atomic mass is 19.1. The van der Waals surface area contributed by atoms with Crippen molar-refractivity contribution < 1.29 is 19.7 Å². The zero-order valence-corrected chi connectivity index (χ0v) is 22.5. The second kappa shape index (κ2) is 9.24. The topological polar surface area (TPSA) is 86.5 Å². The second-order valence-corrected chi connectivity index (χ2v) is 13.5. The Hall–Kier alpha value is -1.63. The molecule has 1 aromatic carbocycles. The van der Waals surface area contributed by atoms with Gasteiger partial charge in [0, 0.05) is 18.0 Å². The van der Waals surface area contributed by atoms with Crippen LogP contribution in [0.1, 0.15) is 78.0 Å². The molecule has 1 unspecified atom stereocenters. The van der Waals surface area contributed by atoms with Crippen LogP contribution in [0.2, 0.25) is 0 Å². The summed E-state index contributed by atoms with van der Waals surface area (Å²) in [6, 6.07) is 4.96. The van der Waals surface area contributed by atoms with Gasteiger partial charge in [-0.05, 0) is 104 Å². The Labute approximate surface area is 219 Å². The smallest absolute Gasteiger partial charge is 0.149 e. The standard InChI is InChI=1S/C31H43FN2O3/c1-17(7-10-27-33-16-18-5-4-6-24(32)29(18)34-27)21-8-9-22-28-23(15-26(37)31(21,22)3)30(2)12-11-20(35)13-19(30)14-25(28)36/h4-6,16-17,19-23,25-26,28,35-37H,7-15H2,1-3H3/t17-,19+,20-,21-,22+,23?,25-,26+,28+,30+,31-/m1/s1. The molecule has 37 heavy (non-hydrogen) atoms. The lowest BCUT2D eigenvalue weighted by molar-refractivity contribution is -0.207. The predicted molar refractivity (Wildman–Crippen MR) is 141 cm³/mol. The molecule has 4 saturated carbocycles. The summed E-state index contributed by atoms with van der Waals surface area (Å²) in [5.74, 6) is 2.31. The number of rotatable bonds is 4. The van der Waals surface area contributed by atoms with E-state index in [0.29, 0.717) is 47.4 Å². The highest BCUT2D eigenvalue weighted by Crippen LogP contribution is 2.68. The van der Waals surface area contributed by atoms with E-state index in [0.717, 1.165) is 56.8 Å².